The quantitative estimate of drug-likeness (QED) is 0.865. The van der Waals surface area contributed by atoms with Crippen LogP contribution in [0.25, 0.3) is 0 Å². The summed E-state index contributed by atoms with van der Waals surface area (Å²) >= 11 is 0. The zero-order chi connectivity index (χ0) is 16.1. The van der Waals surface area contributed by atoms with Crippen LogP contribution in [0.5, 0.6) is 0 Å². The molecule has 0 saturated carbocycles. The molecule has 1 aromatic rings. The Morgan fingerprint density at radius 3 is 2.05 bits per heavy atom. The summed E-state index contributed by atoms with van der Waals surface area (Å²) in [6.45, 7) is 7.12. The Morgan fingerprint density at radius 1 is 1.05 bits per heavy atom. The standard InChI is InChI=1S/C8H20N.C7H5NO3S/c1-5-7-9(3,4)8-6-2;9-7-5-3-1-2-4-6(5)12(10,11)8-7/h5-8H2,1-4H3;1-4H,(H,8,9)/q+1;. The van der Waals surface area contributed by atoms with E-state index in [0.29, 0.717) is 0 Å². The fourth-order valence-corrected chi connectivity index (χ4v) is 3.61. The van der Waals surface area contributed by atoms with Crippen molar-refractivity contribution in [3.05, 3.63) is 29.8 Å². The summed E-state index contributed by atoms with van der Waals surface area (Å²) in [5.74, 6) is -0.550. The normalized spacial score (nSPS) is 15.7. The third-order valence-corrected chi connectivity index (χ3v) is 4.70. The van der Waals surface area contributed by atoms with E-state index in [0.717, 1.165) is 0 Å². The Morgan fingerprint density at radius 2 is 1.57 bits per heavy atom. The highest BCUT2D eigenvalue weighted by Crippen LogP contribution is 2.20. The van der Waals surface area contributed by atoms with Crippen LogP contribution < -0.4 is 4.72 Å². The average Bonchev–Trinajstić information content (AvgIpc) is 2.61. The molecule has 1 heterocycles. The van der Waals surface area contributed by atoms with Crippen molar-refractivity contribution in [1.29, 1.82) is 0 Å². The van der Waals surface area contributed by atoms with Crippen molar-refractivity contribution in [2.24, 2.45) is 0 Å². The lowest BCUT2D eigenvalue weighted by molar-refractivity contribution is -0.890. The summed E-state index contributed by atoms with van der Waals surface area (Å²) in [4.78, 5) is 11.1. The molecule has 1 aliphatic rings. The van der Waals surface area contributed by atoms with Crippen LogP contribution in [-0.4, -0.2) is 46.0 Å². The van der Waals surface area contributed by atoms with E-state index in [1.54, 1.807) is 12.1 Å². The van der Waals surface area contributed by atoms with Crippen LogP contribution in [0.15, 0.2) is 29.2 Å². The molecule has 1 aliphatic heterocycles. The van der Waals surface area contributed by atoms with Crippen molar-refractivity contribution >= 4 is 15.9 Å². The van der Waals surface area contributed by atoms with Gasteiger partial charge >= 0.3 is 0 Å². The van der Waals surface area contributed by atoms with E-state index in [4.69, 9.17) is 0 Å². The van der Waals surface area contributed by atoms with Crippen molar-refractivity contribution in [3.63, 3.8) is 0 Å². The summed E-state index contributed by atoms with van der Waals surface area (Å²) in [5.41, 5.74) is 0.220. The highest BCUT2D eigenvalue weighted by atomic mass is 32.2. The van der Waals surface area contributed by atoms with Gasteiger partial charge in [-0.2, -0.15) is 0 Å². The van der Waals surface area contributed by atoms with Gasteiger partial charge in [0.15, 0.2) is 0 Å². The van der Waals surface area contributed by atoms with Gasteiger partial charge in [0, 0.05) is 0 Å². The zero-order valence-electron chi connectivity index (χ0n) is 13.2. The van der Waals surface area contributed by atoms with Gasteiger partial charge in [0.2, 0.25) is 0 Å². The molecule has 1 aromatic carbocycles. The molecule has 0 saturated heterocycles. The van der Waals surface area contributed by atoms with Gasteiger partial charge in [0.05, 0.1) is 32.7 Å². The summed E-state index contributed by atoms with van der Waals surface area (Å²) in [6, 6.07) is 6.09. The second-order valence-corrected chi connectivity index (χ2v) is 7.46. The van der Waals surface area contributed by atoms with Crippen LogP contribution in [0, 0.1) is 0 Å². The number of hydrogen-bond donors (Lipinski definition) is 1. The molecule has 1 N–H and O–H groups in total. The maximum atomic E-state index is 11.1. The average molecular weight is 313 g/mol. The van der Waals surface area contributed by atoms with Gasteiger partial charge in [-0.3, -0.25) is 4.79 Å². The minimum Gasteiger partial charge on any atom is -0.328 e. The molecule has 0 fully saturated rings. The van der Waals surface area contributed by atoms with Crippen LogP contribution in [0.3, 0.4) is 0 Å². The van der Waals surface area contributed by atoms with E-state index in [1.165, 1.54) is 42.5 Å². The second-order valence-electron chi connectivity index (χ2n) is 5.81. The van der Waals surface area contributed by atoms with E-state index >= 15 is 0 Å². The molecule has 21 heavy (non-hydrogen) atoms. The smallest absolute Gasteiger partial charge is 0.266 e. The summed E-state index contributed by atoms with van der Waals surface area (Å²) in [6.07, 6.45) is 2.60. The summed E-state index contributed by atoms with van der Waals surface area (Å²) in [7, 11) is 1.04. The number of amides is 1. The number of nitrogens with one attached hydrogen (secondary N) is 1. The number of carbonyl (C=O) groups excluding carboxylic acids is 1. The van der Waals surface area contributed by atoms with Crippen molar-refractivity contribution in [2.45, 2.75) is 31.6 Å². The van der Waals surface area contributed by atoms with Crippen molar-refractivity contribution < 1.29 is 17.7 Å². The minimum atomic E-state index is -3.55. The van der Waals surface area contributed by atoms with Gasteiger partial charge in [0.25, 0.3) is 15.9 Å². The van der Waals surface area contributed by atoms with Gasteiger partial charge in [-0.05, 0) is 25.0 Å². The number of carbonyl (C=O) groups is 1. The molecule has 6 heteroatoms. The van der Waals surface area contributed by atoms with E-state index in [-0.39, 0.29) is 10.5 Å². The molecule has 0 bridgehead atoms. The predicted octanol–water partition coefficient (Wildman–Crippen LogP) is 2.00. The maximum Gasteiger partial charge on any atom is 0.266 e. The third kappa shape index (κ3) is 4.82. The summed E-state index contributed by atoms with van der Waals surface area (Å²) in [5, 5.41) is 0. The molecule has 1 amide bonds. The Labute approximate surface area is 127 Å². The van der Waals surface area contributed by atoms with Crippen molar-refractivity contribution in [2.75, 3.05) is 27.2 Å². The Balaban J connectivity index is 0.000000222. The van der Waals surface area contributed by atoms with Crippen molar-refractivity contribution in [3.8, 4) is 0 Å². The first-order valence-electron chi connectivity index (χ1n) is 7.21. The molecule has 0 aliphatic carbocycles. The second kappa shape index (κ2) is 7.04. The van der Waals surface area contributed by atoms with Crippen LogP contribution in [0.1, 0.15) is 37.0 Å². The Bertz CT molecular complexity index is 587. The molecule has 0 atom stereocenters. The monoisotopic (exact) mass is 313 g/mol. The maximum absolute atomic E-state index is 11.1. The van der Waals surface area contributed by atoms with E-state index in [1.807, 2.05) is 4.72 Å². The molecule has 5 nitrogen and oxygen atoms in total. The molecule has 0 spiro atoms. The van der Waals surface area contributed by atoms with Crippen LogP contribution in [0.2, 0.25) is 0 Å². The molecule has 2 rings (SSSR count). The molecular formula is C15H25N2O3S+. The largest absolute Gasteiger partial charge is 0.328 e. The van der Waals surface area contributed by atoms with E-state index in [9.17, 15) is 13.2 Å². The zero-order valence-corrected chi connectivity index (χ0v) is 14.0. The van der Waals surface area contributed by atoms with E-state index < -0.39 is 15.9 Å². The van der Waals surface area contributed by atoms with Crippen LogP contribution in [0.4, 0.5) is 0 Å². The van der Waals surface area contributed by atoms with E-state index in [2.05, 4.69) is 27.9 Å². The first-order chi connectivity index (χ1) is 9.73. The van der Waals surface area contributed by atoms with Gasteiger partial charge in [0.1, 0.15) is 4.90 Å². The number of fused-ring (bicyclic) bond motifs is 1. The molecule has 0 unspecified atom stereocenters. The SMILES string of the molecule is CCC[N+](C)(C)CCC.O=C1NS(=O)(=O)c2ccccc21. The highest BCUT2D eigenvalue weighted by molar-refractivity contribution is 7.90. The number of benzene rings is 1. The molecule has 118 valence electrons. The van der Waals surface area contributed by atoms with Gasteiger partial charge in [-0.1, -0.05) is 26.0 Å². The Hall–Kier alpha value is -1.40. The molecular weight excluding hydrogens is 288 g/mol. The lowest BCUT2D eigenvalue weighted by atomic mass is 10.2. The third-order valence-electron chi connectivity index (χ3n) is 3.31. The molecule has 0 aromatic heterocycles. The Kier molecular flexibility index (Phi) is 5.92. The number of sulfonamides is 1. The lowest BCUT2D eigenvalue weighted by Gasteiger charge is -2.28. The summed E-state index contributed by atoms with van der Waals surface area (Å²) < 4.78 is 25.3. The number of nitrogens with zero attached hydrogens (tertiary/aromatic N) is 1. The number of hydrogen-bond acceptors (Lipinski definition) is 3. The molecule has 0 radical (unpaired) electrons. The highest BCUT2D eigenvalue weighted by Gasteiger charge is 2.31. The number of quaternary nitrogens is 1. The number of rotatable bonds is 4. The lowest BCUT2D eigenvalue weighted by Crippen LogP contribution is -2.40. The van der Waals surface area contributed by atoms with Crippen LogP contribution in [-0.2, 0) is 10.0 Å². The predicted molar refractivity (Wildman–Crippen MR) is 83.5 cm³/mol. The first-order valence-corrected chi connectivity index (χ1v) is 8.70. The van der Waals surface area contributed by atoms with Gasteiger partial charge in [-0.25, -0.2) is 13.1 Å². The topological polar surface area (TPSA) is 63.2 Å². The fourth-order valence-electron chi connectivity index (χ4n) is 2.44. The first kappa shape index (κ1) is 17.7. The minimum absolute atomic E-state index is 0.0648. The van der Waals surface area contributed by atoms with Crippen LogP contribution >= 0.6 is 0 Å². The van der Waals surface area contributed by atoms with Gasteiger partial charge < -0.3 is 4.48 Å². The fraction of sp³-hybridized carbons (Fsp3) is 0.533. The van der Waals surface area contributed by atoms with Gasteiger partial charge in [-0.15, -0.1) is 0 Å². The van der Waals surface area contributed by atoms with Crippen molar-refractivity contribution in [1.82, 2.24) is 4.72 Å².